The Labute approximate surface area is 93.8 Å². The van der Waals surface area contributed by atoms with Crippen molar-refractivity contribution in [2.24, 2.45) is 5.73 Å². The molecule has 5 heteroatoms. The van der Waals surface area contributed by atoms with Crippen LogP contribution in [0.1, 0.15) is 6.92 Å². The Hall–Kier alpha value is -1.49. The number of rotatable bonds is 3. The van der Waals surface area contributed by atoms with Crippen LogP contribution in [0.15, 0.2) is 35.6 Å². The molecule has 0 saturated carbocycles. The maximum atomic E-state index is 11.6. The highest BCUT2D eigenvalue weighted by molar-refractivity contribution is 7.84. The van der Waals surface area contributed by atoms with Crippen LogP contribution in [0.5, 0.6) is 0 Å². The van der Waals surface area contributed by atoms with Gasteiger partial charge in [-0.05, 0) is 6.92 Å². The van der Waals surface area contributed by atoms with Gasteiger partial charge in [-0.25, -0.2) is 4.79 Å². The second kappa shape index (κ2) is 5.41. The van der Waals surface area contributed by atoms with Gasteiger partial charge < -0.3 is 10.5 Å². The van der Waals surface area contributed by atoms with E-state index < -0.39 is 5.97 Å². The molecular weight excluding hydrogens is 212 g/mol. The van der Waals surface area contributed by atoms with Crippen LogP contribution in [-0.2, 0) is 9.53 Å². The molecule has 2 N–H and O–H groups in total. The molecule has 0 atom stereocenters. The van der Waals surface area contributed by atoms with E-state index in [-0.39, 0.29) is 10.7 Å². The van der Waals surface area contributed by atoms with Crippen molar-refractivity contribution in [1.82, 2.24) is 0 Å². The zero-order chi connectivity index (χ0) is 11.3. The third-order valence-electron chi connectivity index (χ3n) is 1.69. The normalized spacial score (nSPS) is 11.9. The number of hydrogen-bond donors (Lipinski definition) is 2. The molecule has 1 heterocycles. The molecule has 0 bridgehead atoms. The van der Waals surface area contributed by atoms with Crippen LogP contribution < -0.4 is 10.3 Å². The Morgan fingerprint density at radius 3 is 2.47 bits per heavy atom. The van der Waals surface area contributed by atoms with E-state index in [1.807, 2.05) is 6.07 Å². The molecule has 0 spiro atoms. The quantitative estimate of drug-likeness (QED) is 0.342. The van der Waals surface area contributed by atoms with E-state index in [0.717, 1.165) is 0 Å². The largest absolute Gasteiger partial charge is 0.458 e. The number of carbonyl (C=O) groups excluding carboxylic acids is 1. The number of thiol groups is 1. The van der Waals surface area contributed by atoms with Crippen LogP contribution in [0.3, 0.4) is 0 Å². The van der Waals surface area contributed by atoms with E-state index in [9.17, 15) is 4.79 Å². The monoisotopic (exact) mass is 225 g/mol. The SMILES string of the molecule is CCOC(=O)/C(=C(/N)S)[n+]1ccccc1. The minimum Gasteiger partial charge on any atom is -0.458 e. The van der Waals surface area contributed by atoms with E-state index in [1.165, 1.54) is 0 Å². The van der Waals surface area contributed by atoms with Gasteiger partial charge in [0.05, 0.1) is 6.61 Å². The zero-order valence-electron chi connectivity index (χ0n) is 8.38. The number of carbonyl (C=O) groups is 1. The number of esters is 1. The van der Waals surface area contributed by atoms with Crippen molar-refractivity contribution in [2.45, 2.75) is 6.92 Å². The molecule has 0 amide bonds. The lowest BCUT2D eigenvalue weighted by molar-refractivity contribution is -0.578. The minimum absolute atomic E-state index is 0.129. The Morgan fingerprint density at radius 1 is 1.40 bits per heavy atom. The Kier molecular flexibility index (Phi) is 4.17. The van der Waals surface area contributed by atoms with Crippen molar-refractivity contribution >= 4 is 24.3 Å². The van der Waals surface area contributed by atoms with Gasteiger partial charge in [-0.3, -0.25) is 0 Å². The van der Waals surface area contributed by atoms with Crippen LogP contribution in [0, 0.1) is 0 Å². The lowest BCUT2D eigenvalue weighted by Gasteiger charge is -2.02. The first-order valence-corrected chi connectivity index (χ1v) is 4.94. The van der Waals surface area contributed by atoms with Crippen molar-refractivity contribution in [3.8, 4) is 0 Å². The van der Waals surface area contributed by atoms with Gasteiger partial charge in [-0.2, -0.15) is 4.57 Å². The van der Waals surface area contributed by atoms with Gasteiger partial charge in [0.25, 0.3) is 0 Å². The topological polar surface area (TPSA) is 56.2 Å². The van der Waals surface area contributed by atoms with Crippen LogP contribution in [0.2, 0.25) is 0 Å². The summed E-state index contributed by atoms with van der Waals surface area (Å²) in [4.78, 5) is 11.6. The summed E-state index contributed by atoms with van der Waals surface area (Å²) in [6.07, 6.45) is 3.41. The number of hydrogen-bond acceptors (Lipinski definition) is 4. The van der Waals surface area contributed by atoms with Gasteiger partial charge in [0.15, 0.2) is 12.4 Å². The zero-order valence-corrected chi connectivity index (χ0v) is 9.28. The first-order valence-electron chi connectivity index (χ1n) is 4.49. The van der Waals surface area contributed by atoms with Crippen LogP contribution in [0.25, 0.3) is 5.70 Å². The van der Waals surface area contributed by atoms with Gasteiger partial charge in [0, 0.05) is 12.1 Å². The van der Waals surface area contributed by atoms with Crippen LogP contribution in [0.4, 0.5) is 0 Å². The highest BCUT2D eigenvalue weighted by Crippen LogP contribution is 2.04. The average Bonchev–Trinajstić information content (AvgIpc) is 2.19. The molecule has 0 radical (unpaired) electrons. The van der Waals surface area contributed by atoms with Gasteiger partial charge in [-0.15, -0.1) is 12.6 Å². The number of ether oxygens (including phenoxy) is 1. The third-order valence-corrected chi connectivity index (χ3v) is 1.90. The summed E-state index contributed by atoms with van der Waals surface area (Å²) in [7, 11) is 0. The molecule has 0 fully saturated rings. The summed E-state index contributed by atoms with van der Waals surface area (Å²) in [5.74, 6) is -0.485. The molecule has 1 rings (SSSR count). The van der Waals surface area contributed by atoms with Crippen molar-refractivity contribution in [2.75, 3.05) is 6.61 Å². The smallest absolute Gasteiger partial charge is 0.407 e. The molecule has 0 saturated heterocycles. The summed E-state index contributed by atoms with van der Waals surface area (Å²) >= 11 is 3.97. The molecule has 0 aliphatic carbocycles. The van der Waals surface area contributed by atoms with E-state index >= 15 is 0 Å². The first kappa shape index (κ1) is 11.6. The number of nitrogens with two attached hydrogens (primary N) is 1. The van der Waals surface area contributed by atoms with Crippen molar-refractivity contribution in [3.05, 3.63) is 35.6 Å². The lowest BCUT2D eigenvalue weighted by atomic mass is 10.4. The molecule has 80 valence electrons. The second-order valence-corrected chi connectivity index (χ2v) is 3.22. The number of aromatic nitrogens is 1. The van der Waals surface area contributed by atoms with E-state index in [4.69, 9.17) is 10.5 Å². The van der Waals surface area contributed by atoms with Gasteiger partial charge in [-0.1, -0.05) is 6.07 Å². The highest BCUT2D eigenvalue weighted by Gasteiger charge is 2.23. The maximum Gasteiger partial charge on any atom is 0.407 e. The van der Waals surface area contributed by atoms with E-state index in [2.05, 4.69) is 12.6 Å². The highest BCUT2D eigenvalue weighted by atomic mass is 32.1. The Bertz CT molecular complexity index is 372. The predicted molar refractivity (Wildman–Crippen MR) is 59.7 cm³/mol. The molecule has 0 aromatic carbocycles. The first-order chi connectivity index (χ1) is 7.16. The fourth-order valence-corrected chi connectivity index (χ4v) is 1.30. The molecule has 0 unspecified atom stereocenters. The average molecular weight is 225 g/mol. The Morgan fingerprint density at radius 2 is 2.00 bits per heavy atom. The standard InChI is InChI=1S/C10H12N2O2S/c1-2-14-10(13)8(9(11)15)12-6-4-3-5-7-12/h3-7H,2H2,1H3,(H2-,11,13,15)/p+1. The van der Waals surface area contributed by atoms with Crippen LogP contribution >= 0.6 is 12.6 Å². The molecule has 4 nitrogen and oxygen atoms in total. The van der Waals surface area contributed by atoms with Crippen LogP contribution in [-0.4, -0.2) is 12.6 Å². The molecule has 0 aliphatic heterocycles. The Balaban J connectivity index is 3.06. The summed E-state index contributed by atoms with van der Waals surface area (Å²) in [5.41, 5.74) is 5.74. The number of pyridine rings is 1. The predicted octanol–water partition coefficient (Wildman–Crippen LogP) is 0.552. The lowest BCUT2D eigenvalue weighted by Crippen LogP contribution is -2.38. The molecular formula is C10H13N2O2S+. The number of nitrogens with zero attached hydrogens (tertiary/aromatic N) is 1. The van der Waals surface area contributed by atoms with E-state index in [0.29, 0.717) is 6.61 Å². The van der Waals surface area contributed by atoms with Gasteiger partial charge in [0.2, 0.25) is 0 Å². The van der Waals surface area contributed by atoms with Gasteiger partial charge >= 0.3 is 11.7 Å². The summed E-state index contributed by atoms with van der Waals surface area (Å²) in [5, 5.41) is 0.129. The molecule has 1 aromatic heterocycles. The summed E-state index contributed by atoms with van der Waals surface area (Å²) in [6.45, 7) is 2.04. The third kappa shape index (κ3) is 2.99. The van der Waals surface area contributed by atoms with Crippen molar-refractivity contribution in [3.63, 3.8) is 0 Å². The fraction of sp³-hybridized carbons (Fsp3) is 0.200. The van der Waals surface area contributed by atoms with Crippen molar-refractivity contribution in [1.29, 1.82) is 0 Å². The van der Waals surface area contributed by atoms with Gasteiger partial charge in [0.1, 0.15) is 5.03 Å². The van der Waals surface area contributed by atoms with Crippen molar-refractivity contribution < 1.29 is 14.1 Å². The maximum absolute atomic E-state index is 11.6. The summed E-state index contributed by atoms with van der Waals surface area (Å²) < 4.78 is 6.44. The molecule has 1 aromatic rings. The molecule has 15 heavy (non-hydrogen) atoms. The minimum atomic E-state index is -0.485. The second-order valence-electron chi connectivity index (χ2n) is 2.74. The fourth-order valence-electron chi connectivity index (χ4n) is 1.09. The van der Waals surface area contributed by atoms with E-state index in [1.54, 1.807) is 36.0 Å². The summed E-state index contributed by atoms with van der Waals surface area (Å²) in [6, 6.07) is 5.42. The molecule has 0 aliphatic rings.